The molecule has 6 aromatic carbocycles. The van der Waals surface area contributed by atoms with Crippen LogP contribution in [0.15, 0.2) is 142 Å². The number of para-hydroxylation sites is 5. The van der Waals surface area contributed by atoms with Gasteiger partial charge >= 0.3 is 0 Å². The summed E-state index contributed by atoms with van der Waals surface area (Å²) in [5.41, 5.74) is 11.8. The fourth-order valence-electron chi connectivity index (χ4n) is 7.79. The summed E-state index contributed by atoms with van der Waals surface area (Å²) < 4.78 is 14.9. The summed E-state index contributed by atoms with van der Waals surface area (Å²) in [4.78, 5) is 9.79. The molecule has 10 rings (SSSR count). The second kappa shape index (κ2) is 15.4. The molecule has 1 radical (unpaired) electrons. The van der Waals surface area contributed by atoms with Gasteiger partial charge in [-0.3, -0.25) is 4.98 Å². The molecule has 10 aromatic rings. The van der Waals surface area contributed by atoms with Crippen molar-refractivity contribution in [3.63, 3.8) is 0 Å². The second-order valence-electron chi connectivity index (χ2n) is 16.1. The normalized spacial score (nSPS) is 11.8. The van der Waals surface area contributed by atoms with Crippen molar-refractivity contribution in [3.05, 3.63) is 157 Å². The fraction of sp³-hybridized carbons (Fsp3) is 0.160. The van der Waals surface area contributed by atoms with Crippen LogP contribution in [0, 0.1) is 25.0 Å². The number of imidazole rings is 1. The van der Waals surface area contributed by atoms with Gasteiger partial charge in [0.25, 0.3) is 0 Å². The maximum Gasteiger partial charge on any atom is 0.158 e. The number of aryl methyl sites for hydroxylation is 1. The van der Waals surface area contributed by atoms with Gasteiger partial charge in [-0.25, -0.2) is 0 Å². The number of furan rings is 2. The minimum Gasteiger partial charge on any atom is -0.501 e. The number of fused-ring (bicyclic) bond motifs is 7. The molecular formula is C50H43IrN3O2Si-2. The van der Waals surface area contributed by atoms with Crippen LogP contribution in [0.4, 0.5) is 0 Å². The Bertz CT molecular complexity index is 3040. The van der Waals surface area contributed by atoms with Gasteiger partial charge < -0.3 is 18.4 Å². The Morgan fingerprint density at radius 2 is 1.39 bits per heavy atom. The molecule has 0 bridgehead atoms. The summed E-state index contributed by atoms with van der Waals surface area (Å²) in [6.45, 7) is 13.8. The van der Waals surface area contributed by atoms with E-state index < -0.39 is 8.07 Å². The standard InChI is InChI=1S/C31H17N2O2.C19H26NSi.Ir/c1-5-17-27-19(9-1)21-11-7-13-23(29(21)34-27)31-32-24-14-3-4-15-25(24)33(31)26-16-8-12-22-20-10-2-6-18-28(20)35-30(22)26;1-14(2)11-17-12-18(16-9-7-15(3)8-10-16)20-13-19(17)21(4,5)6;/h1-12,14-18H;7-9,12-14H,11H2,1-6H3;/q2*-1;. The molecule has 0 saturated carbocycles. The average molecular weight is 938 g/mol. The first kappa shape index (κ1) is 38.3. The van der Waals surface area contributed by atoms with Crippen LogP contribution in [-0.4, -0.2) is 22.6 Å². The SMILES string of the molecule is Cc1c[c-]c(-c2cc(CC(C)C)c([Si](C)(C)C)cn2)cc1.[Ir].[c-]1ccc2c(oc3ccccc32)c1-c1nc2ccccc2n1-c1cccc2c1oc1ccccc12. The molecular weight excluding hydrogens is 895 g/mol. The van der Waals surface area contributed by atoms with E-state index in [1.807, 2.05) is 66.7 Å². The maximum atomic E-state index is 6.40. The molecule has 7 heteroatoms. The van der Waals surface area contributed by atoms with Crippen LogP contribution in [0.3, 0.4) is 0 Å². The van der Waals surface area contributed by atoms with Gasteiger partial charge in [0.2, 0.25) is 0 Å². The zero-order valence-electron chi connectivity index (χ0n) is 33.0. The summed E-state index contributed by atoms with van der Waals surface area (Å²) >= 11 is 0. The van der Waals surface area contributed by atoms with Gasteiger partial charge in [-0.1, -0.05) is 124 Å². The first-order valence-electron chi connectivity index (χ1n) is 19.3. The molecule has 0 aliphatic rings. The van der Waals surface area contributed by atoms with Gasteiger partial charge in [0, 0.05) is 42.5 Å². The molecule has 0 unspecified atom stereocenters. The summed E-state index contributed by atoms with van der Waals surface area (Å²) in [5, 5.41) is 5.80. The molecule has 0 atom stereocenters. The Labute approximate surface area is 347 Å². The molecule has 0 aliphatic heterocycles. The average Bonchev–Trinajstić information content (AvgIpc) is 3.89. The van der Waals surface area contributed by atoms with Crippen molar-refractivity contribution >= 4 is 68.2 Å². The van der Waals surface area contributed by atoms with E-state index in [2.05, 4.69) is 124 Å². The van der Waals surface area contributed by atoms with Crippen molar-refractivity contribution in [1.29, 1.82) is 0 Å². The number of hydrogen-bond donors (Lipinski definition) is 0. The van der Waals surface area contributed by atoms with Gasteiger partial charge in [0.1, 0.15) is 11.2 Å². The van der Waals surface area contributed by atoms with Crippen molar-refractivity contribution in [3.8, 4) is 28.3 Å². The van der Waals surface area contributed by atoms with E-state index in [4.69, 9.17) is 18.8 Å². The molecule has 57 heavy (non-hydrogen) atoms. The summed E-state index contributed by atoms with van der Waals surface area (Å²) in [7, 11) is -1.35. The zero-order valence-corrected chi connectivity index (χ0v) is 36.4. The van der Waals surface area contributed by atoms with Crippen LogP contribution >= 0.6 is 0 Å². The molecule has 4 aromatic heterocycles. The Balaban J connectivity index is 0.000000179. The van der Waals surface area contributed by atoms with Gasteiger partial charge in [-0.15, -0.1) is 53.6 Å². The Morgan fingerprint density at radius 3 is 2.09 bits per heavy atom. The third-order valence-electron chi connectivity index (χ3n) is 10.4. The van der Waals surface area contributed by atoms with Gasteiger partial charge in [0.15, 0.2) is 5.58 Å². The third kappa shape index (κ3) is 7.16. The van der Waals surface area contributed by atoms with Crippen LogP contribution in [0.1, 0.15) is 25.0 Å². The van der Waals surface area contributed by atoms with E-state index in [9.17, 15) is 0 Å². The number of benzene rings is 6. The Hall–Kier alpha value is -5.59. The van der Waals surface area contributed by atoms with E-state index in [0.29, 0.717) is 5.92 Å². The molecule has 0 N–H and O–H groups in total. The van der Waals surface area contributed by atoms with Crippen molar-refractivity contribution in [2.24, 2.45) is 5.92 Å². The van der Waals surface area contributed by atoms with Crippen molar-refractivity contribution in [2.75, 3.05) is 0 Å². The smallest absolute Gasteiger partial charge is 0.158 e. The molecule has 0 fully saturated rings. The second-order valence-corrected chi connectivity index (χ2v) is 21.1. The number of hydrogen-bond acceptors (Lipinski definition) is 4. The third-order valence-corrected chi connectivity index (χ3v) is 12.5. The van der Waals surface area contributed by atoms with Crippen LogP contribution in [0.2, 0.25) is 19.6 Å². The monoisotopic (exact) mass is 938 g/mol. The zero-order chi connectivity index (χ0) is 38.6. The first-order valence-corrected chi connectivity index (χ1v) is 22.8. The van der Waals surface area contributed by atoms with Crippen LogP contribution < -0.4 is 5.19 Å². The van der Waals surface area contributed by atoms with Crippen LogP contribution in [0.25, 0.3) is 83.2 Å². The first-order chi connectivity index (χ1) is 27.1. The molecule has 4 heterocycles. The van der Waals surface area contributed by atoms with Crippen LogP contribution in [-0.2, 0) is 26.5 Å². The molecule has 5 nitrogen and oxygen atoms in total. The fourth-order valence-corrected chi connectivity index (χ4v) is 9.38. The summed E-state index contributed by atoms with van der Waals surface area (Å²) in [5.74, 6) is 1.43. The van der Waals surface area contributed by atoms with E-state index >= 15 is 0 Å². The van der Waals surface area contributed by atoms with Gasteiger partial charge in [-0.2, -0.15) is 0 Å². The minimum absolute atomic E-state index is 0. The number of aromatic nitrogens is 3. The Kier molecular flexibility index (Phi) is 10.3. The molecule has 0 spiro atoms. The van der Waals surface area contributed by atoms with Crippen LogP contribution in [0.5, 0.6) is 0 Å². The van der Waals surface area contributed by atoms with E-state index in [1.54, 1.807) is 0 Å². The minimum atomic E-state index is -1.35. The summed E-state index contributed by atoms with van der Waals surface area (Å²) in [6.07, 6.45) is 3.24. The largest absolute Gasteiger partial charge is 0.501 e. The van der Waals surface area contributed by atoms with E-state index in [1.165, 1.54) is 16.3 Å². The molecule has 285 valence electrons. The molecule has 0 amide bonds. The topological polar surface area (TPSA) is 57.0 Å². The predicted molar refractivity (Wildman–Crippen MR) is 235 cm³/mol. The molecule has 0 saturated heterocycles. The van der Waals surface area contributed by atoms with E-state index in [-0.39, 0.29) is 20.1 Å². The van der Waals surface area contributed by atoms with E-state index in [0.717, 1.165) is 89.7 Å². The van der Waals surface area contributed by atoms with Gasteiger partial charge in [-0.05, 0) is 53.6 Å². The molecule has 0 aliphatic carbocycles. The number of rotatable bonds is 6. The van der Waals surface area contributed by atoms with Crippen molar-refractivity contribution in [2.45, 2.75) is 46.8 Å². The maximum absolute atomic E-state index is 6.40. The predicted octanol–water partition coefficient (Wildman–Crippen LogP) is 12.9. The number of nitrogens with zero attached hydrogens (tertiary/aromatic N) is 3. The number of pyridine rings is 1. The quantitative estimate of drug-likeness (QED) is 0.123. The van der Waals surface area contributed by atoms with Gasteiger partial charge in [0.05, 0.1) is 36.2 Å². The van der Waals surface area contributed by atoms with Crippen molar-refractivity contribution < 1.29 is 28.9 Å². The Morgan fingerprint density at radius 1 is 0.719 bits per heavy atom. The van der Waals surface area contributed by atoms with Crippen molar-refractivity contribution in [1.82, 2.24) is 14.5 Å². The summed E-state index contributed by atoms with van der Waals surface area (Å²) in [6, 6.07) is 50.0.